The van der Waals surface area contributed by atoms with Gasteiger partial charge in [-0.05, 0) is 11.6 Å². The second kappa shape index (κ2) is 5.68. The number of rotatable bonds is 5. The van der Waals surface area contributed by atoms with Crippen LogP contribution in [0.5, 0.6) is 0 Å². The Kier molecular flexibility index (Phi) is 4.23. The summed E-state index contributed by atoms with van der Waals surface area (Å²) in [5.74, 6) is 1.08. The van der Waals surface area contributed by atoms with Gasteiger partial charge in [0.1, 0.15) is 0 Å². The van der Waals surface area contributed by atoms with E-state index in [4.69, 9.17) is 9.47 Å². The molecule has 88 valence electrons. The van der Waals surface area contributed by atoms with Gasteiger partial charge >= 0.3 is 0 Å². The molecular weight excluding hydrogens is 222 g/mol. The third-order valence-electron chi connectivity index (χ3n) is 2.76. The quantitative estimate of drug-likeness (QED) is 0.797. The van der Waals surface area contributed by atoms with Crippen LogP contribution in [0.1, 0.15) is 11.6 Å². The van der Waals surface area contributed by atoms with Crippen molar-refractivity contribution < 1.29 is 9.47 Å². The van der Waals surface area contributed by atoms with Gasteiger partial charge in [0.25, 0.3) is 0 Å². The van der Waals surface area contributed by atoms with Crippen molar-refractivity contribution in [1.82, 2.24) is 5.32 Å². The van der Waals surface area contributed by atoms with Gasteiger partial charge in [-0.25, -0.2) is 0 Å². The smallest absolute Gasteiger partial charge is 0.169 e. The first-order chi connectivity index (χ1) is 7.85. The average molecular weight is 239 g/mol. The van der Waals surface area contributed by atoms with Crippen molar-refractivity contribution in [3.05, 3.63) is 29.8 Å². The van der Waals surface area contributed by atoms with Crippen LogP contribution in [-0.2, 0) is 9.47 Å². The van der Waals surface area contributed by atoms with Crippen LogP contribution in [0.25, 0.3) is 0 Å². The van der Waals surface area contributed by atoms with Crippen molar-refractivity contribution in [3.63, 3.8) is 0 Å². The van der Waals surface area contributed by atoms with Crippen molar-refractivity contribution >= 4 is 11.8 Å². The zero-order valence-corrected chi connectivity index (χ0v) is 10.4. The summed E-state index contributed by atoms with van der Waals surface area (Å²) in [4.78, 5) is 1.38. The molecule has 1 aliphatic heterocycles. The lowest BCUT2D eigenvalue weighted by Gasteiger charge is -2.18. The molecule has 0 amide bonds. The van der Waals surface area contributed by atoms with Gasteiger partial charge in [-0.15, -0.1) is 11.8 Å². The minimum Gasteiger partial charge on any atom is -0.355 e. The fourth-order valence-electron chi connectivity index (χ4n) is 1.83. The third kappa shape index (κ3) is 2.58. The van der Waals surface area contributed by atoms with E-state index in [9.17, 15) is 0 Å². The fourth-order valence-corrected chi connectivity index (χ4v) is 3.03. The minimum atomic E-state index is -0.169. The van der Waals surface area contributed by atoms with Gasteiger partial charge in [-0.3, -0.25) is 0 Å². The van der Waals surface area contributed by atoms with Crippen LogP contribution < -0.4 is 5.32 Å². The molecule has 1 heterocycles. The molecule has 0 saturated heterocycles. The lowest BCUT2D eigenvalue weighted by molar-refractivity contribution is -0.0996. The van der Waals surface area contributed by atoms with Crippen molar-refractivity contribution in [2.24, 2.45) is 0 Å². The van der Waals surface area contributed by atoms with E-state index in [0.717, 1.165) is 5.75 Å². The van der Waals surface area contributed by atoms with E-state index in [0.29, 0.717) is 12.6 Å². The highest BCUT2D eigenvalue weighted by Crippen LogP contribution is 2.37. The number of fused-ring (bicyclic) bond motifs is 1. The molecule has 2 rings (SSSR count). The summed E-state index contributed by atoms with van der Waals surface area (Å²) >= 11 is 1.90. The van der Waals surface area contributed by atoms with E-state index in [1.54, 1.807) is 14.2 Å². The summed E-state index contributed by atoms with van der Waals surface area (Å²) in [6, 6.07) is 8.94. The molecule has 0 fully saturated rings. The monoisotopic (exact) mass is 239 g/mol. The molecule has 0 aromatic heterocycles. The summed E-state index contributed by atoms with van der Waals surface area (Å²) in [6.07, 6.45) is -0.169. The number of methoxy groups -OCH3 is 2. The maximum atomic E-state index is 5.16. The highest BCUT2D eigenvalue weighted by atomic mass is 32.2. The van der Waals surface area contributed by atoms with Gasteiger partial charge in [0.15, 0.2) is 6.29 Å². The first-order valence-electron chi connectivity index (χ1n) is 5.36. The summed E-state index contributed by atoms with van der Waals surface area (Å²) in [5.41, 5.74) is 1.39. The van der Waals surface area contributed by atoms with Gasteiger partial charge < -0.3 is 14.8 Å². The Morgan fingerprint density at radius 1 is 1.38 bits per heavy atom. The molecule has 0 saturated carbocycles. The Balaban J connectivity index is 1.93. The molecule has 1 aromatic carbocycles. The third-order valence-corrected chi connectivity index (χ3v) is 3.94. The van der Waals surface area contributed by atoms with E-state index in [1.165, 1.54) is 10.5 Å². The molecule has 0 aliphatic carbocycles. The SMILES string of the molecule is COC(CNC1CSc2ccccc21)OC. The van der Waals surface area contributed by atoms with Gasteiger partial charge in [0, 0.05) is 37.5 Å². The van der Waals surface area contributed by atoms with E-state index < -0.39 is 0 Å². The second-order valence-electron chi connectivity index (χ2n) is 3.71. The summed E-state index contributed by atoms with van der Waals surface area (Å²) in [7, 11) is 3.32. The van der Waals surface area contributed by atoms with E-state index in [-0.39, 0.29) is 6.29 Å². The van der Waals surface area contributed by atoms with Gasteiger partial charge in [-0.2, -0.15) is 0 Å². The number of hydrogen-bond donors (Lipinski definition) is 1. The van der Waals surface area contributed by atoms with E-state index in [1.807, 2.05) is 11.8 Å². The molecule has 1 aromatic rings. The standard InChI is InChI=1S/C12H17NO2S/c1-14-12(15-2)7-13-10-8-16-11-6-4-3-5-9(10)11/h3-6,10,12-13H,7-8H2,1-2H3. The van der Waals surface area contributed by atoms with Crippen LogP contribution in [0, 0.1) is 0 Å². The molecule has 4 heteroatoms. The van der Waals surface area contributed by atoms with E-state index >= 15 is 0 Å². The number of ether oxygens (including phenoxy) is 2. The Morgan fingerprint density at radius 2 is 2.12 bits per heavy atom. The van der Waals surface area contributed by atoms with Crippen molar-refractivity contribution in [2.75, 3.05) is 26.5 Å². The normalized spacial score (nSPS) is 19.1. The first kappa shape index (κ1) is 11.9. The average Bonchev–Trinajstić information content (AvgIpc) is 2.74. The van der Waals surface area contributed by atoms with E-state index in [2.05, 4.69) is 29.6 Å². The predicted octanol–water partition coefficient (Wildman–Crippen LogP) is 2.04. The van der Waals surface area contributed by atoms with Gasteiger partial charge in [0.2, 0.25) is 0 Å². The van der Waals surface area contributed by atoms with Gasteiger partial charge in [-0.1, -0.05) is 18.2 Å². The lowest BCUT2D eigenvalue weighted by atomic mass is 10.1. The zero-order valence-electron chi connectivity index (χ0n) is 9.60. The van der Waals surface area contributed by atoms with Crippen LogP contribution in [0.4, 0.5) is 0 Å². The van der Waals surface area contributed by atoms with Crippen LogP contribution in [0.15, 0.2) is 29.2 Å². The molecule has 3 nitrogen and oxygen atoms in total. The summed E-state index contributed by atoms with van der Waals surface area (Å²) in [6.45, 7) is 0.715. The van der Waals surface area contributed by atoms with Crippen LogP contribution in [0.2, 0.25) is 0 Å². The molecular formula is C12H17NO2S. The highest BCUT2D eigenvalue weighted by molar-refractivity contribution is 7.99. The van der Waals surface area contributed by atoms with Crippen molar-refractivity contribution in [1.29, 1.82) is 0 Å². The lowest BCUT2D eigenvalue weighted by Crippen LogP contribution is -2.32. The number of hydrogen-bond acceptors (Lipinski definition) is 4. The zero-order chi connectivity index (χ0) is 11.4. The van der Waals surface area contributed by atoms with Gasteiger partial charge in [0.05, 0.1) is 0 Å². The maximum Gasteiger partial charge on any atom is 0.169 e. The van der Waals surface area contributed by atoms with Crippen molar-refractivity contribution in [3.8, 4) is 0 Å². The second-order valence-corrected chi connectivity index (χ2v) is 4.77. The van der Waals surface area contributed by atoms with Crippen LogP contribution in [0.3, 0.4) is 0 Å². The topological polar surface area (TPSA) is 30.5 Å². The first-order valence-corrected chi connectivity index (χ1v) is 6.34. The predicted molar refractivity (Wildman–Crippen MR) is 65.7 cm³/mol. The molecule has 1 unspecified atom stereocenters. The largest absolute Gasteiger partial charge is 0.355 e. The molecule has 16 heavy (non-hydrogen) atoms. The molecule has 1 atom stereocenters. The fraction of sp³-hybridized carbons (Fsp3) is 0.500. The maximum absolute atomic E-state index is 5.16. The molecule has 0 spiro atoms. The number of benzene rings is 1. The Labute approximate surface area is 101 Å². The van der Waals surface area contributed by atoms with Crippen LogP contribution in [-0.4, -0.2) is 32.8 Å². The minimum absolute atomic E-state index is 0.169. The molecule has 0 radical (unpaired) electrons. The Hall–Kier alpha value is -0.550. The Morgan fingerprint density at radius 3 is 2.88 bits per heavy atom. The molecule has 0 bridgehead atoms. The highest BCUT2D eigenvalue weighted by Gasteiger charge is 2.22. The molecule has 1 aliphatic rings. The number of nitrogens with one attached hydrogen (secondary N) is 1. The summed E-state index contributed by atoms with van der Waals surface area (Å²) < 4.78 is 10.3. The Bertz CT molecular complexity index is 342. The molecule has 1 N–H and O–H groups in total. The van der Waals surface area contributed by atoms with Crippen LogP contribution >= 0.6 is 11.8 Å². The van der Waals surface area contributed by atoms with Crippen molar-refractivity contribution in [2.45, 2.75) is 17.2 Å². The summed E-state index contributed by atoms with van der Waals surface area (Å²) in [5, 5.41) is 3.47. The number of thioether (sulfide) groups is 1.